The molecule has 0 saturated carbocycles. The third-order valence-corrected chi connectivity index (χ3v) is 10.5. The maximum Gasteiger partial charge on any atom is 0.320 e. The van der Waals surface area contributed by atoms with Crippen molar-refractivity contribution in [2.75, 3.05) is 98.5 Å². The molecule has 1 aliphatic heterocycles. The molecule has 0 spiro atoms. The van der Waals surface area contributed by atoms with E-state index in [9.17, 15) is 79.2 Å². The van der Waals surface area contributed by atoms with Crippen LogP contribution in [-0.2, 0) is 47.8 Å². The van der Waals surface area contributed by atoms with Gasteiger partial charge in [0, 0.05) is 90.5 Å². The van der Waals surface area contributed by atoms with Gasteiger partial charge in [0.1, 0.15) is 55.2 Å². The topological polar surface area (TPSA) is 342 Å². The number of ether oxygens (including phenoxy) is 2. The van der Waals surface area contributed by atoms with Crippen LogP contribution in [0.1, 0.15) is 51.4 Å². The Labute approximate surface area is 354 Å². The molecule has 0 bridgehead atoms. The van der Waals surface area contributed by atoms with Crippen molar-refractivity contribution in [2.24, 2.45) is 5.92 Å². The summed E-state index contributed by atoms with van der Waals surface area (Å²) in [6.45, 7) is -3.04. The third kappa shape index (κ3) is 21.1. The molecule has 61 heavy (non-hydrogen) atoms. The normalized spacial score (nSPS) is 17.5. The maximum atomic E-state index is 13.2. The number of carbonyl (C=O) groups is 8. The van der Waals surface area contributed by atoms with Gasteiger partial charge >= 0.3 is 23.9 Å². The summed E-state index contributed by atoms with van der Waals surface area (Å²) in [5, 5.41) is 81.2. The Bertz CT molecular complexity index is 1280. The smallest absolute Gasteiger partial charge is 0.320 e. The predicted molar refractivity (Wildman–Crippen MR) is 211 cm³/mol. The van der Waals surface area contributed by atoms with Crippen LogP contribution in [0.5, 0.6) is 0 Å². The average molecular weight is 880 g/mol. The Hall–Kier alpha value is -4.04. The van der Waals surface area contributed by atoms with E-state index in [-0.39, 0.29) is 123 Å². The second kappa shape index (κ2) is 31.8. The standard InChI is InChI=1S/C38H65N5O18/c44-17-1-4-30(35(52)53)40-9-11-41(31(36(54)55)5-2-18-45)13-15-43(16-14-42(12-10-40)32(37(56)57)6-3-19-46)33(38(58)59)7-8-34(51)39-20-27(25-60-28(21-47)22-48)26-61-29(23-49)24-50/h17-19,27-33,47-50H,1-16,20-26H2,(H,39,51)(H,52,53)(H,54,55)(H,56,57)(H,58,59). The van der Waals surface area contributed by atoms with Crippen molar-refractivity contribution in [1.82, 2.24) is 24.9 Å². The number of amides is 1. The van der Waals surface area contributed by atoms with Gasteiger partial charge in [0.05, 0.1) is 39.6 Å². The first kappa shape index (κ1) is 55.0. The number of aliphatic hydroxyl groups excluding tert-OH is 4. The largest absolute Gasteiger partial charge is 0.480 e. The quantitative estimate of drug-likeness (QED) is 0.0293. The number of hydrogen-bond donors (Lipinski definition) is 9. The summed E-state index contributed by atoms with van der Waals surface area (Å²) in [5.74, 6) is -6.34. The van der Waals surface area contributed by atoms with Crippen molar-refractivity contribution in [2.45, 2.75) is 87.7 Å². The van der Waals surface area contributed by atoms with E-state index in [2.05, 4.69) is 5.32 Å². The zero-order valence-electron chi connectivity index (χ0n) is 34.5. The van der Waals surface area contributed by atoms with Crippen molar-refractivity contribution < 1.29 is 88.7 Å². The Balaban J connectivity index is 3.52. The van der Waals surface area contributed by atoms with Crippen molar-refractivity contribution in [1.29, 1.82) is 0 Å². The number of nitrogens with one attached hydrogen (secondary N) is 1. The van der Waals surface area contributed by atoms with Gasteiger partial charge in [-0.3, -0.25) is 43.6 Å². The lowest BCUT2D eigenvalue weighted by atomic mass is 10.1. The monoisotopic (exact) mass is 879 g/mol. The van der Waals surface area contributed by atoms with Crippen LogP contribution in [0.3, 0.4) is 0 Å². The number of aliphatic hydroxyl groups is 4. The highest BCUT2D eigenvalue weighted by Crippen LogP contribution is 2.17. The minimum Gasteiger partial charge on any atom is -0.480 e. The Morgan fingerprint density at radius 3 is 1.02 bits per heavy atom. The molecule has 9 N–H and O–H groups in total. The summed E-state index contributed by atoms with van der Waals surface area (Å²) in [5.41, 5.74) is 0. The van der Waals surface area contributed by atoms with E-state index >= 15 is 0 Å². The number of hydrogen-bond acceptors (Lipinski definition) is 18. The molecule has 4 unspecified atom stereocenters. The van der Waals surface area contributed by atoms with Gasteiger partial charge in [-0.05, 0) is 25.7 Å². The second-order valence-electron chi connectivity index (χ2n) is 14.6. The summed E-state index contributed by atoms with van der Waals surface area (Å²) in [4.78, 5) is 103. The number of aliphatic carboxylic acids is 4. The van der Waals surface area contributed by atoms with E-state index in [1.165, 1.54) is 19.6 Å². The molecule has 0 aliphatic carbocycles. The highest BCUT2D eigenvalue weighted by molar-refractivity contribution is 5.78. The van der Waals surface area contributed by atoms with E-state index < -0.39 is 98.5 Å². The molecule has 0 aromatic heterocycles. The summed E-state index contributed by atoms with van der Waals surface area (Å²) in [6, 6.07) is -5.05. The molecule has 0 radical (unpaired) electrons. The van der Waals surface area contributed by atoms with Crippen LogP contribution in [0.25, 0.3) is 0 Å². The Morgan fingerprint density at radius 1 is 0.492 bits per heavy atom. The summed E-state index contributed by atoms with van der Waals surface area (Å²) in [6.07, 6.45) is -1.44. The van der Waals surface area contributed by atoms with Crippen molar-refractivity contribution in [3.63, 3.8) is 0 Å². The van der Waals surface area contributed by atoms with Crippen LogP contribution in [0.2, 0.25) is 0 Å². The molecule has 23 heteroatoms. The molecule has 1 saturated heterocycles. The van der Waals surface area contributed by atoms with Crippen molar-refractivity contribution in [3.05, 3.63) is 0 Å². The van der Waals surface area contributed by atoms with Gasteiger partial charge < -0.3 is 70.0 Å². The van der Waals surface area contributed by atoms with Gasteiger partial charge in [0.15, 0.2) is 0 Å². The molecule has 4 atom stereocenters. The highest BCUT2D eigenvalue weighted by Gasteiger charge is 2.35. The molecular formula is C38H65N5O18. The van der Waals surface area contributed by atoms with Gasteiger partial charge in [-0.25, -0.2) is 0 Å². The molecule has 23 nitrogen and oxygen atoms in total. The number of carboxylic acids is 4. The number of carbonyl (C=O) groups excluding carboxylic acids is 4. The molecule has 0 aromatic rings. The van der Waals surface area contributed by atoms with Crippen LogP contribution in [-0.4, -0.2) is 244 Å². The molecule has 1 aliphatic rings. The molecule has 0 aromatic carbocycles. The van der Waals surface area contributed by atoms with Crippen LogP contribution >= 0.6 is 0 Å². The number of aldehydes is 3. The van der Waals surface area contributed by atoms with Crippen molar-refractivity contribution >= 4 is 48.6 Å². The lowest BCUT2D eigenvalue weighted by Gasteiger charge is -2.39. The summed E-state index contributed by atoms with van der Waals surface area (Å²) >= 11 is 0. The third-order valence-electron chi connectivity index (χ3n) is 10.5. The summed E-state index contributed by atoms with van der Waals surface area (Å²) < 4.78 is 10.9. The summed E-state index contributed by atoms with van der Waals surface area (Å²) in [7, 11) is 0. The molecule has 1 heterocycles. The number of rotatable bonds is 32. The van der Waals surface area contributed by atoms with Gasteiger partial charge in [0.25, 0.3) is 0 Å². The lowest BCUT2D eigenvalue weighted by molar-refractivity contribution is -0.148. The fourth-order valence-electron chi connectivity index (χ4n) is 6.90. The highest BCUT2D eigenvalue weighted by atomic mass is 16.5. The van der Waals surface area contributed by atoms with E-state index in [1.807, 2.05) is 0 Å². The Kier molecular flexibility index (Phi) is 28.6. The van der Waals surface area contributed by atoms with Gasteiger partial charge in [-0.15, -0.1) is 0 Å². The Morgan fingerprint density at radius 2 is 0.770 bits per heavy atom. The fourth-order valence-corrected chi connectivity index (χ4v) is 6.90. The molecular weight excluding hydrogens is 814 g/mol. The van der Waals surface area contributed by atoms with Gasteiger partial charge in [-0.2, -0.15) is 0 Å². The van der Waals surface area contributed by atoms with E-state index in [1.54, 1.807) is 0 Å². The second-order valence-corrected chi connectivity index (χ2v) is 14.6. The molecule has 1 rings (SSSR count). The molecule has 1 amide bonds. The first-order chi connectivity index (χ1) is 29.2. The fraction of sp³-hybridized carbons (Fsp3) is 0.789. The number of nitrogens with zero attached hydrogens (tertiary/aromatic N) is 4. The predicted octanol–water partition coefficient (Wildman–Crippen LogP) is -3.79. The first-order valence-electron chi connectivity index (χ1n) is 20.3. The minimum absolute atomic E-state index is 0.0679. The van der Waals surface area contributed by atoms with E-state index in [4.69, 9.17) is 9.47 Å². The van der Waals surface area contributed by atoms with Crippen LogP contribution < -0.4 is 5.32 Å². The van der Waals surface area contributed by atoms with Crippen LogP contribution in [0.4, 0.5) is 0 Å². The molecule has 1 fully saturated rings. The SMILES string of the molecule is O=CCCC(C(=O)O)N1CCN(C(CCC=O)C(=O)O)CCN(C(CCC(=O)NCC(COC(CO)CO)COC(CO)CO)C(=O)O)CCN(C(CCC=O)C(=O)O)CC1. The van der Waals surface area contributed by atoms with E-state index in [0.717, 1.165) is 0 Å². The van der Waals surface area contributed by atoms with Gasteiger partial charge in [0.2, 0.25) is 5.91 Å². The van der Waals surface area contributed by atoms with Gasteiger partial charge in [-0.1, -0.05) is 0 Å². The number of carboxylic acid groups (broad SMARTS) is 4. The lowest BCUT2D eigenvalue weighted by Crippen LogP contribution is -2.56. The molecule has 350 valence electrons. The van der Waals surface area contributed by atoms with Crippen molar-refractivity contribution in [3.8, 4) is 0 Å². The average Bonchev–Trinajstić information content (AvgIpc) is 3.22. The zero-order valence-corrected chi connectivity index (χ0v) is 34.5. The van der Waals surface area contributed by atoms with E-state index in [0.29, 0.717) is 18.9 Å². The first-order valence-corrected chi connectivity index (χ1v) is 20.3. The van der Waals surface area contributed by atoms with Crippen LogP contribution in [0, 0.1) is 5.92 Å². The zero-order chi connectivity index (χ0) is 45.7. The maximum absolute atomic E-state index is 13.2. The van der Waals surface area contributed by atoms with Crippen LogP contribution in [0.15, 0.2) is 0 Å². The minimum atomic E-state index is -1.36.